The lowest BCUT2D eigenvalue weighted by atomic mass is 9.55. The number of nitrogens with zero attached hydrogens (tertiary/aromatic N) is 1. The quantitative estimate of drug-likeness (QED) is 0.164. The second-order valence-corrected chi connectivity index (χ2v) is 16.5. The average Bonchev–Trinajstić information content (AvgIpc) is 3.74. The monoisotopic (exact) mass is 727 g/mol. The summed E-state index contributed by atoms with van der Waals surface area (Å²) in [5, 5.41) is 2.20. The lowest BCUT2D eigenvalue weighted by Crippen LogP contribution is -2.42. The third kappa shape index (κ3) is 5.07. The van der Waals surface area contributed by atoms with Gasteiger partial charge in [0.05, 0.1) is 0 Å². The third-order valence-electron chi connectivity index (χ3n) is 13.1. The summed E-state index contributed by atoms with van der Waals surface area (Å²) in [5.74, 6) is 1.50. The summed E-state index contributed by atoms with van der Waals surface area (Å²) in [6.45, 7) is 4.80. The Hall–Kier alpha value is -6.19. The predicted octanol–water partition coefficient (Wildman–Crippen LogP) is 14.8. The Morgan fingerprint density at radius 3 is 2.16 bits per heavy atom. The van der Waals surface area contributed by atoms with Crippen LogP contribution in [0, 0.1) is 23.6 Å². The molecule has 56 heavy (non-hydrogen) atoms. The van der Waals surface area contributed by atoms with Gasteiger partial charge in [0.15, 0.2) is 0 Å². The van der Waals surface area contributed by atoms with Crippen LogP contribution in [0.2, 0.25) is 0 Å². The van der Waals surface area contributed by atoms with E-state index in [0.29, 0.717) is 17.8 Å². The molecule has 0 radical (unpaired) electrons. The van der Waals surface area contributed by atoms with Crippen molar-refractivity contribution in [1.82, 2.24) is 0 Å². The lowest BCUT2D eigenvalue weighted by molar-refractivity contribution is 0.168. The van der Waals surface area contributed by atoms with Gasteiger partial charge in [-0.1, -0.05) is 116 Å². The van der Waals surface area contributed by atoms with Crippen LogP contribution >= 0.6 is 0 Å². The van der Waals surface area contributed by atoms with E-state index in [1.54, 1.807) is 12.1 Å². The van der Waals surface area contributed by atoms with E-state index in [0.717, 1.165) is 55.7 Å². The van der Waals surface area contributed by atoms with Gasteiger partial charge in [-0.25, -0.2) is 4.39 Å². The number of fused-ring (bicyclic) bond motifs is 11. The van der Waals surface area contributed by atoms with Crippen LogP contribution in [0.1, 0.15) is 44.2 Å². The molecule has 2 nitrogen and oxygen atoms in total. The first-order valence-electron chi connectivity index (χ1n) is 20.1. The zero-order valence-corrected chi connectivity index (χ0v) is 31.7. The van der Waals surface area contributed by atoms with E-state index >= 15 is 4.39 Å². The molecular formula is C53H42FNO. The van der Waals surface area contributed by atoms with Crippen LogP contribution in [-0.4, -0.2) is 0 Å². The fourth-order valence-corrected chi connectivity index (χ4v) is 10.7. The largest absolute Gasteiger partial charge is 0.456 e. The van der Waals surface area contributed by atoms with E-state index in [1.165, 1.54) is 52.7 Å². The Morgan fingerprint density at radius 2 is 1.30 bits per heavy atom. The zero-order valence-electron chi connectivity index (χ0n) is 31.7. The van der Waals surface area contributed by atoms with E-state index in [1.807, 2.05) is 18.2 Å². The highest BCUT2D eigenvalue weighted by molar-refractivity contribution is 6.06. The standard InChI is InChI=1S/C53H42FNO/c1-33-25-38-27-39(26-33)53(32-34(38)2)48-17-8-6-16-46(48)52-47(37-13-10-14-40(54)28-37)29-43(30-49(52)53)55(41-21-19-36(20-22-41)35-11-4-3-5-12-35)42-23-24-45-44-15-7-9-18-50(44)56-51(45)31-42/h3-24,28-33,38-39H,25-27H2,1-2H3. The number of furan rings is 1. The molecule has 1 heterocycles. The van der Waals surface area contributed by atoms with Crippen molar-refractivity contribution in [3.8, 4) is 33.4 Å². The normalized spacial score (nSPS) is 20.9. The minimum atomic E-state index is -0.287. The zero-order chi connectivity index (χ0) is 37.5. The highest BCUT2D eigenvalue weighted by Gasteiger charge is 2.52. The molecule has 11 rings (SSSR count). The van der Waals surface area contributed by atoms with Crippen LogP contribution in [0.25, 0.3) is 55.3 Å². The molecule has 4 atom stereocenters. The summed E-state index contributed by atoms with van der Waals surface area (Å²) in [6, 6.07) is 55.2. The second-order valence-electron chi connectivity index (χ2n) is 16.5. The van der Waals surface area contributed by atoms with Crippen molar-refractivity contribution in [2.75, 3.05) is 4.90 Å². The summed E-state index contributed by atoms with van der Waals surface area (Å²) in [6.07, 6.45) is 6.27. The molecule has 272 valence electrons. The number of hydrogen-bond donors (Lipinski definition) is 0. The van der Waals surface area contributed by atoms with Crippen molar-refractivity contribution in [2.45, 2.75) is 38.5 Å². The molecule has 8 aromatic rings. The molecule has 0 amide bonds. The van der Waals surface area contributed by atoms with Crippen molar-refractivity contribution < 1.29 is 8.81 Å². The smallest absolute Gasteiger partial charge is 0.137 e. The number of allylic oxidation sites excluding steroid dienone is 2. The van der Waals surface area contributed by atoms with Gasteiger partial charge in [-0.3, -0.25) is 0 Å². The van der Waals surface area contributed by atoms with Gasteiger partial charge in [-0.2, -0.15) is 0 Å². The van der Waals surface area contributed by atoms with Gasteiger partial charge in [0.1, 0.15) is 17.0 Å². The average molecular weight is 728 g/mol. The highest BCUT2D eigenvalue weighted by Crippen LogP contribution is 2.63. The Morgan fingerprint density at radius 1 is 0.571 bits per heavy atom. The van der Waals surface area contributed by atoms with Crippen LogP contribution in [0.4, 0.5) is 21.5 Å². The van der Waals surface area contributed by atoms with Gasteiger partial charge >= 0.3 is 0 Å². The van der Waals surface area contributed by atoms with Crippen LogP contribution in [0.3, 0.4) is 0 Å². The van der Waals surface area contributed by atoms with Gasteiger partial charge in [0, 0.05) is 39.3 Å². The predicted molar refractivity (Wildman–Crippen MR) is 229 cm³/mol. The number of para-hydroxylation sites is 1. The second kappa shape index (κ2) is 12.7. The summed E-state index contributed by atoms with van der Waals surface area (Å²) < 4.78 is 21.8. The first kappa shape index (κ1) is 33.2. The number of benzene rings is 7. The van der Waals surface area contributed by atoms with Crippen molar-refractivity contribution in [3.05, 3.63) is 186 Å². The lowest BCUT2D eigenvalue weighted by Gasteiger charge is -2.49. The van der Waals surface area contributed by atoms with Crippen molar-refractivity contribution in [2.24, 2.45) is 17.8 Å². The fourth-order valence-electron chi connectivity index (χ4n) is 10.7. The fraction of sp³-hybridized carbons (Fsp3) is 0.170. The van der Waals surface area contributed by atoms with Crippen LogP contribution in [0.5, 0.6) is 0 Å². The first-order valence-corrected chi connectivity index (χ1v) is 20.1. The minimum Gasteiger partial charge on any atom is -0.456 e. The highest BCUT2D eigenvalue weighted by atomic mass is 19.1. The van der Waals surface area contributed by atoms with Crippen LogP contribution in [0.15, 0.2) is 174 Å². The van der Waals surface area contributed by atoms with E-state index in [2.05, 4.69) is 152 Å². The van der Waals surface area contributed by atoms with Crippen LogP contribution < -0.4 is 4.90 Å². The maximum Gasteiger partial charge on any atom is 0.137 e. The van der Waals surface area contributed by atoms with Crippen molar-refractivity contribution in [1.29, 1.82) is 0 Å². The van der Waals surface area contributed by atoms with Gasteiger partial charge in [0.25, 0.3) is 0 Å². The number of hydrogen-bond acceptors (Lipinski definition) is 2. The molecule has 1 saturated carbocycles. The molecule has 1 aromatic heterocycles. The molecular weight excluding hydrogens is 686 g/mol. The van der Waals surface area contributed by atoms with Gasteiger partial charge in [-0.15, -0.1) is 0 Å². The molecule has 1 spiro atoms. The molecule has 4 unspecified atom stereocenters. The summed E-state index contributed by atoms with van der Waals surface area (Å²) in [5.41, 5.74) is 15.5. The molecule has 7 aromatic carbocycles. The molecule has 0 N–H and O–H groups in total. The summed E-state index contributed by atoms with van der Waals surface area (Å²) in [7, 11) is 0. The SMILES string of the molecule is CC1=CC2(c3ccccc3-c3c(-c4cccc(F)c4)cc(N(c4ccc(-c5ccccc5)cc4)c4ccc5c(c4)oc4ccccc45)cc32)C2CC(C)CC1C2. The minimum absolute atomic E-state index is 0.233. The number of halogens is 1. The number of anilines is 3. The Balaban J connectivity index is 1.20. The Kier molecular flexibility index (Phi) is 7.51. The first-order chi connectivity index (χ1) is 27.4. The summed E-state index contributed by atoms with van der Waals surface area (Å²) in [4.78, 5) is 2.37. The topological polar surface area (TPSA) is 16.4 Å². The molecule has 3 aliphatic carbocycles. The van der Waals surface area contributed by atoms with Gasteiger partial charge in [-0.05, 0) is 143 Å². The van der Waals surface area contributed by atoms with Crippen LogP contribution in [-0.2, 0) is 5.41 Å². The molecule has 1 fully saturated rings. The van der Waals surface area contributed by atoms with E-state index in [4.69, 9.17) is 4.42 Å². The Labute approximate surface area is 327 Å². The maximum absolute atomic E-state index is 15.3. The summed E-state index contributed by atoms with van der Waals surface area (Å²) >= 11 is 0. The molecule has 3 heteroatoms. The van der Waals surface area contributed by atoms with Gasteiger partial charge in [0.2, 0.25) is 0 Å². The van der Waals surface area contributed by atoms with E-state index in [-0.39, 0.29) is 11.2 Å². The van der Waals surface area contributed by atoms with E-state index in [9.17, 15) is 0 Å². The van der Waals surface area contributed by atoms with Gasteiger partial charge < -0.3 is 9.32 Å². The molecule has 2 bridgehead atoms. The van der Waals surface area contributed by atoms with Crippen molar-refractivity contribution in [3.63, 3.8) is 0 Å². The van der Waals surface area contributed by atoms with Crippen molar-refractivity contribution >= 4 is 39.0 Å². The Bertz CT molecular complexity index is 2850. The molecule has 0 aliphatic heterocycles. The molecule has 3 aliphatic rings. The maximum atomic E-state index is 15.3. The molecule has 0 saturated heterocycles. The third-order valence-corrected chi connectivity index (χ3v) is 13.1. The van der Waals surface area contributed by atoms with E-state index < -0.39 is 0 Å². The number of rotatable bonds is 5.